The maximum Gasteiger partial charge on any atom is 0.311 e. The summed E-state index contributed by atoms with van der Waals surface area (Å²) in [7, 11) is -0.935. The predicted octanol–water partition coefficient (Wildman–Crippen LogP) is 2.61. The zero-order valence-corrected chi connectivity index (χ0v) is 11.6. The van der Waals surface area contributed by atoms with Crippen molar-refractivity contribution in [2.45, 2.75) is 5.75 Å². The van der Waals surface area contributed by atoms with Crippen LogP contribution in [0.15, 0.2) is 42.6 Å². The molecule has 0 amide bonds. The van der Waals surface area contributed by atoms with E-state index in [0.717, 1.165) is 5.56 Å². The van der Waals surface area contributed by atoms with Crippen molar-refractivity contribution in [1.82, 2.24) is 4.98 Å². The van der Waals surface area contributed by atoms with E-state index in [1.54, 1.807) is 24.5 Å². The third-order valence-corrected chi connectivity index (χ3v) is 3.28. The van der Waals surface area contributed by atoms with Crippen molar-refractivity contribution in [2.75, 3.05) is 11.6 Å². The van der Waals surface area contributed by atoms with Gasteiger partial charge in [-0.2, -0.15) is 0 Å². The minimum absolute atomic E-state index is 0.0861. The molecule has 0 radical (unpaired) electrons. The third-order valence-electron chi connectivity index (χ3n) is 2.54. The van der Waals surface area contributed by atoms with Gasteiger partial charge in [0.05, 0.1) is 4.92 Å². The van der Waals surface area contributed by atoms with Gasteiger partial charge in [-0.3, -0.25) is 14.3 Å². The number of rotatable bonds is 5. The third kappa shape index (κ3) is 3.61. The second-order valence-electron chi connectivity index (χ2n) is 4.17. The Bertz CT molecular complexity index is 661. The Kier molecular flexibility index (Phi) is 4.41. The SMILES string of the molecule is CS(=O)Cc1cccc(Nc2ncccc2[N+](=O)[O-])c1. The number of pyridine rings is 1. The summed E-state index contributed by atoms with van der Waals surface area (Å²) < 4.78 is 11.2. The van der Waals surface area contributed by atoms with Gasteiger partial charge in [-0.15, -0.1) is 0 Å². The van der Waals surface area contributed by atoms with Crippen LogP contribution in [0.25, 0.3) is 0 Å². The number of hydrogen-bond acceptors (Lipinski definition) is 5. The number of nitrogens with zero attached hydrogens (tertiary/aromatic N) is 2. The molecule has 0 saturated carbocycles. The predicted molar refractivity (Wildman–Crippen MR) is 78.4 cm³/mol. The zero-order chi connectivity index (χ0) is 14.5. The molecule has 0 fully saturated rings. The van der Waals surface area contributed by atoms with Crippen molar-refractivity contribution in [1.29, 1.82) is 0 Å². The van der Waals surface area contributed by atoms with Crippen molar-refractivity contribution in [3.05, 3.63) is 58.3 Å². The van der Waals surface area contributed by atoms with Crippen LogP contribution in [0, 0.1) is 10.1 Å². The molecule has 0 aliphatic carbocycles. The summed E-state index contributed by atoms with van der Waals surface area (Å²) in [5, 5.41) is 13.8. The van der Waals surface area contributed by atoms with Gasteiger partial charge in [-0.05, 0) is 23.8 Å². The first-order valence-electron chi connectivity index (χ1n) is 5.81. The van der Waals surface area contributed by atoms with Gasteiger partial charge in [0.1, 0.15) is 0 Å². The summed E-state index contributed by atoms with van der Waals surface area (Å²) in [5.74, 6) is 0.632. The average Bonchev–Trinajstić information content (AvgIpc) is 2.38. The molecule has 0 saturated heterocycles. The van der Waals surface area contributed by atoms with Gasteiger partial charge in [-0.25, -0.2) is 4.98 Å². The van der Waals surface area contributed by atoms with Crippen molar-refractivity contribution >= 4 is 28.0 Å². The number of nitro groups is 1. The molecular weight excluding hydrogens is 278 g/mol. The number of benzene rings is 1. The van der Waals surface area contributed by atoms with Crippen molar-refractivity contribution in [3.63, 3.8) is 0 Å². The molecule has 1 atom stereocenters. The molecule has 1 aromatic heterocycles. The quantitative estimate of drug-likeness (QED) is 0.676. The van der Waals surface area contributed by atoms with Crippen molar-refractivity contribution < 1.29 is 9.13 Å². The van der Waals surface area contributed by atoms with E-state index in [9.17, 15) is 14.3 Å². The largest absolute Gasteiger partial charge is 0.334 e. The zero-order valence-electron chi connectivity index (χ0n) is 10.8. The molecule has 6 nitrogen and oxygen atoms in total. The van der Waals surface area contributed by atoms with Gasteiger partial charge in [0.2, 0.25) is 5.82 Å². The van der Waals surface area contributed by atoms with Crippen LogP contribution < -0.4 is 5.32 Å². The molecule has 2 aromatic rings. The van der Waals surface area contributed by atoms with E-state index in [0.29, 0.717) is 11.4 Å². The van der Waals surface area contributed by atoms with Gasteiger partial charge in [0.25, 0.3) is 0 Å². The van der Waals surface area contributed by atoms with Crippen LogP contribution in [-0.4, -0.2) is 20.4 Å². The fourth-order valence-corrected chi connectivity index (χ4v) is 2.40. The summed E-state index contributed by atoms with van der Waals surface area (Å²) >= 11 is 0. The number of hydrogen-bond donors (Lipinski definition) is 1. The summed E-state index contributed by atoms with van der Waals surface area (Å²) in [6.45, 7) is 0. The summed E-state index contributed by atoms with van der Waals surface area (Å²) in [4.78, 5) is 14.4. The molecule has 0 aliphatic heterocycles. The topological polar surface area (TPSA) is 85.1 Å². The fourth-order valence-electron chi connectivity index (χ4n) is 1.75. The van der Waals surface area contributed by atoms with Gasteiger partial charge in [0, 0.05) is 40.8 Å². The Labute approximate surface area is 118 Å². The van der Waals surface area contributed by atoms with Crippen LogP contribution >= 0.6 is 0 Å². The molecule has 0 spiro atoms. The summed E-state index contributed by atoms with van der Waals surface area (Å²) in [6.07, 6.45) is 3.12. The second kappa shape index (κ2) is 6.25. The molecule has 1 N–H and O–H groups in total. The van der Waals surface area contributed by atoms with Gasteiger partial charge in [0.15, 0.2) is 0 Å². The molecule has 0 bridgehead atoms. The Balaban J connectivity index is 2.26. The van der Waals surface area contributed by atoms with Crippen molar-refractivity contribution in [3.8, 4) is 0 Å². The lowest BCUT2D eigenvalue weighted by Crippen LogP contribution is -2.00. The molecule has 1 aromatic carbocycles. The second-order valence-corrected chi connectivity index (χ2v) is 5.61. The lowest BCUT2D eigenvalue weighted by molar-refractivity contribution is -0.384. The van der Waals surface area contributed by atoms with E-state index in [1.807, 2.05) is 6.07 Å². The summed E-state index contributed by atoms with van der Waals surface area (Å²) in [5.41, 5.74) is 1.49. The Morgan fingerprint density at radius 3 is 2.85 bits per heavy atom. The van der Waals surface area contributed by atoms with E-state index in [2.05, 4.69) is 10.3 Å². The smallest absolute Gasteiger partial charge is 0.311 e. The highest BCUT2D eigenvalue weighted by atomic mass is 32.2. The van der Waals surface area contributed by atoms with Gasteiger partial charge in [-0.1, -0.05) is 12.1 Å². The maximum absolute atomic E-state index is 11.2. The molecular formula is C13H13N3O3S. The molecule has 1 unspecified atom stereocenters. The van der Waals surface area contributed by atoms with E-state index in [-0.39, 0.29) is 11.5 Å². The molecule has 2 rings (SSSR count). The highest BCUT2D eigenvalue weighted by molar-refractivity contribution is 7.83. The monoisotopic (exact) mass is 291 g/mol. The Morgan fingerprint density at radius 2 is 2.15 bits per heavy atom. The highest BCUT2D eigenvalue weighted by Gasteiger charge is 2.14. The molecule has 20 heavy (non-hydrogen) atoms. The van der Waals surface area contributed by atoms with E-state index >= 15 is 0 Å². The lowest BCUT2D eigenvalue weighted by atomic mass is 10.2. The van der Waals surface area contributed by atoms with Crippen LogP contribution in [0.5, 0.6) is 0 Å². The van der Waals surface area contributed by atoms with Crippen LogP contribution in [-0.2, 0) is 16.6 Å². The van der Waals surface area contributed by atoms with Crippen LogP contribution in [0.4, 0.5) is 17.2 Å². The maximum atomic E-state index is 11.2. The molecule has 7 heteroatoms. The Morgan fingerprint density at radius 1 is 1.35 bits per heavy atom. The van der Waals surface area contributed by atoms with E-state index in [1.165, 1.54) is 18.3 Å². The normalized spacial score (nSPS) is 11.8. The number of aromatic nitrogens is 1. The van der Waals surface area contributed by atoms with Crippen LogP contribution in [0.2, 0.25) is 0 Å². The minimum Gasteiger partial charge on any atom is -0.334 e. The standard InChI is InChI=1S/C13H13N3O3S/c1-20(19)9-10-4-2-5-11(8-10)15-13-12(16(17)18)6-3-7-14-13/h2-8H,9H2,1H3,(H,14,15). The van der Waals surface area contributed by atoms with Crippen LogP contribution in [0.3, 0.4) is 0 Å². The fraction of sp³-hybridized carbons (Fsp3) is 0.154. The van der Waals surface area contributed by atoms with E-state index < -0.39 is 15.7 Å². The first-order chi connectivity index (χ1) is 9.56. The highest BCUT2D eigenvalue weighted by Crippen LogP contribution is 2.25. The van der Waals surface area contributed by atoms with E-state index in [4.69, 9.17) is 0 Å². The van der Waals surface area contributed by atoms with Crippen LogP contribution in [0.1, 0.15) is 5.56 Å². The molecule has 104 valence electrons. The molecule has 1 heterocycles. The van der Waals surface area contributed by atoms with Gasteiger partial charge < -0.3 is 5.32 Å². The average molecular weight is 291 g/mol. The first-order valence-corrected chi connectivity index (χ1v) is 7.54. The lowest BCUT2D eigenvalue weighted by Gasteiger charge is -2.07. The minimum atomic E-state index is -0.935. The number of anilines is 2. The first kappa shape index (κ1) is 14.1. The Hall–Kier alpha value is -2.28. The molecule has 0 aliphatic rings. The number of nitrogens with one attached hydrogen (secondary N) is 1. The summed E-state index contributed by atoms with van der Waals surface area (Å²) in [6, 6.07) is 10.2. The van der Waals surface area contributed by atoms with Gasteiger partial charge >= 0.3 is 5.69 Å². The van der Waals surface area contributed by atoms with Crippen molar-refractivity contribution in [2.24, 2.45) is 0 Å².